The molecule has 1 aromatic heterocycles. The highest BCUT2D eigenvalue weighted by Crippen LogP contribution is 2.04. The quantitative estimate of drug-likeness (QED) is 0.238. The zero-order chi connectivity index (χ0) is 13.9. The van der Waals surface area contributed by atoms with Gasteiger partial charge in [0.25, 0.3) is 0 Å². The Balaban J connectivity index is 0.00000361. The van der Waals surface area contributed by atoms with E-state index >= 15 is 0 Å². The van der Waals surface area contributed by atoms with Crippen molar-refractivity contribution in [3.63, 3.8) is 0 Å². The number of ether oxygens (including phenoxy) is 1. The molecule has 0 radical (unpaired) electrons. The molecule has 0 atom stereocenters. The van der Waals surface area contributed by atoms with Gasteiger partial charge in [0.15, 0.2) is 5.96 Å². The molecule has 1 heterocycles. The van der Waals surface area contributed by atoms with Gasteiger partial charge in [0.2, 0.25) is 0 Å². The Hall–Kier alpha value is -0.830. The molecule has 0 fully saturated rings. The molecular weight excluding hydrogens is 389 g/mol. The van der Waals surface area contributed by atoms with Gasteiger partial charge in [-0.1, -0.05) is 0 Å². The number of aliphatic imine (C=N–C) groups is 1. The van der Waals surface area contributed by atoms with E-state index in [1.54, 1.807) is 18.4 Å². The van der Waals surface area contributed by atoms with Gasteiger partial charge >= 0.3 is 5.97 Å². The van der Waals surface area contributed by atoms with E-state index in [2.05, 4.69) is 27.1 Å². The van der Waals surface area contributed by atoms with E-state index in [0.29, 0.717) is 19.6 Å². The van der Waals surface area contributed by atoms with Crippen LogP contribution < -0.4 is 10.6 Å². The third-order valence-electron chi connectivity index (χ3n) is 2.42. The largest absolute Gasteiger partial charge is 0.466 e. The number of hydrogen-bond acceptors (Lipinski definition) is 4. The third kappa shape index (κ3) is 8.36. The lowest BCUT2D eigenvalue weighted by atomic mass is 10.3. The van der Waals surface area contributed by atoms with Crippen molar-refractivity contribution in [1.29, 1.82) is 0 Å². The van der Waals surface area contributed by atoms with E-state index in [9.17, 15) is 4.79 Å². The first kappa shape index (κ1) is 19.2. The van der Waals surface area contributed by atoms with Gasteiger partial charge in [-0.3, -0.25) is 9.79 Å². The summed E-state index contributed by atoms with van der Waals surface area (Å²) in [6.45, 7) is 3.70. The van der Waals surface area contributed by atoms with Crippen molar-refractivity contribution in [2.75, 3.05) is 20.2 Å². The molecule has 0 aliphatic carbocycles. The van der Waals surface area contributed by atoms with Crippen LogP contribution in [0.2, 0.25) is 0 Å². The van der Waals surface area contributed by atoms with Gasteiger partial charge in [0, 0.05) is 26.6 Å². The molecule has 0 bridgehead atoms. The topological polar surface area (TPSA) is 62.7 Å². The summed E-state index contributed by atoms with van der Waals surface area (Å²) in [7, 11) is 1.73. The number of halogens is 1. The SMILES string of the molecule is CCOC(=O)CCCNC(=NC)NCc1ccsc1.I. The number of nitrogens with zero attached hydrogens (tertiary/aromatic N) is 1. The first-order valence-corrected chi connectivity index (χ1v) is 7.31. The Morgan fingerprint density at radius 1 is 1.45 bits per heavy atom. The molecule has 1 rings (SSSR count). The Labute approximate surface area is 141 Å². The second-order valence-corrected chi connectivity index (χ2v) is 4.67. The number of carbonyl (C=O) groups is 1. The second-order valence-electron chi connectivity index (χ2n) is 3.89. The predicted octanol–water partition coefficient (Wildman–Crippen LogP) is 2.37. The van der Waals surface area contributed by atoms with E-state index in [1.165, 1.54) is 5.56 Å². The minimum Gasteiger partial charge on any atom is -0.466 e. The molecule has 7 heteroatoms. The highest BCUT2D eigenvalue weighted by atomic mass is 127. The highest BCUT2D eigenvalue weighted by Gasteiger charge is 2.02. The van der Waals surface area contributed by atoms with Crippen molar-refractivity contribution >= 4 is 47.2 Å². The second kappa shape index (κ2) is 12.0. The number of carbonyl (C=O) groups excluding carboxylic acids is 1. The lowest BCUT2D eigenvalue weighted by molar-refractivity contribution is -0.143. The zero-order valence-corrected chi connectivity index (χ0v) is 15.0. The molecule has 5 nitrogen and oxygen atoms in total. The van der Waals surface area contributed by atoms with Crippen LogP contribution in [-0.2, 0) is 16.1 Å². The van der Waals surface area contributed by atoms with Crippen LogP contribution >= 0.6 is 35.3 Å². The molecule has 0 spiro atoms. The Kier molecular flexibility index (Phi) is 11.5. The van der Waals surface area contributed by atoms with Gasteiger partial charge in [-0.25, -0.2) is 0 Å². The number of hydrogen-bond donors (Lipinski definition) is 2. The van der Waals surface area contributed by atoms with Crippen LogP contribution in [0.5, 0.6) is 0 Å². The maximum atomic E-state index is 11.1. The maximum Gasteiger partial charge on any atom is 0.305 e. The van der Waals surface area contributed by atoms with Crippen molar-refractivity contribution in [1.82, 2.24) is 10.6 Å². The number of rotatable bonds is 7. The Bertz CT molecular complexity index is 396. The minimum atomic E-state index is -0.148. The van der Waals surface area contributed by atoms with Crippen molar-refractivity contribution in [3.8, 4) is 0 Å². The van der Waals surface area contributed by atoms with Crippen molar-refractivity contribution < 1.29 is 9.53 Å². The van der Waals surface area contributed by atoms with E-state index in [0.717, 1.165) is 18.9 Å². The molecule has 20 heavy (non-hydrogen) atoms. The van der Waals surface area contributed by atoms with Gasteiger partial charge in [0.05, 0.1) is 6.61 Å². The van der Waals surface area contributed by atoms with Gasteiger partial charge in [0.1, 0.15) is 0 Å². The van der Waals surface area contributed by atoms with Crippen LogP contribution in [-0.4, -0.2) is 32.1 Å². The molecular formula is C13H22IN3O2S. The van der Waals surface area contributed by atoms with Gasteiger partial charge in [-0.15, -0.1) is 24.0 Å². The first-order valence-electron chi connectivity index (χ1n) is 6.37. The standard InChI is InChI=1S/C13H21N3O2S.HI/c1-3-18-12(17)5-4-7-15-13(14-2)16-9-11-6-8-19-10-11;/h6,8,10H,3-5,7,9H2,1-2H3,(H2,14,15,16);1H. The molecule has 0 amide bonds. The summed E-state index contributed by atoms with van der Waals surface area (Å²) in [4.78, 5) is 15.3. The number of thiophene rings is 1. The van der Waals surface area contributed by atoms with Crippen LogP contribution in [0.15, 0.2) is 21.8 Å². The van der Waals surface area contributed by atoms with E-state index in [4.69, 9.17) is 4.74 Å². The summed E-state index contributed by atoms with van der Waals surface area (Å²) >= 11 is 1.68. The summed E-state index contributed by atoms with van der Waals surface area (Å²) in [6.07, 6.45) is 1.17. The normalized spacial score (nSPS) is 10.6. The summed E-state index contributed by atoms with van der Waals surface area (Å²) < 4.78 is 4.86. The van der Waals surface area contributed by atoms with Crippen molar-refractivity contribution in [2.24, 2.45) is 4.99 Å². The monoisotopic (exact) mass is 411 g/mol. The lowest BCUT2D eigenvalue weighted by Crippen LogP contribution is -2.37. The fraction of sp³-hybridized carbons (Fsp3) is 0.538. The van der Waals surface area contributed by atoms with Gasteiger partial charge < -0.3 is 15.4 Å². The minimum absolute atomic E-state index is 0. The average Bonchev–Trinajstić information content (AvgIpc) is 2.91. The summed E-state index contributed by atoms with van der Waals surface area (Å²) in [5.41, 5.74) is 1.24. The van der Waals surface area contributed by atoms with Crippen LogP contribution in [0, 0.1) is 0 Å². The molecule has 0 saturated heterocycles. The molecule has 114 valence electrons. The highest BCUT2D eigenvalue weighted by molar-refractivity contribution is 14.0. The maximum absolute atomic E-state index is 11.1. The Morgan fingerprint density at radius 2 is 2.25 bits per heavy atom. The summed E-state index contributed by atoms with van der Waals surface area (Å²) in [5, 5.41) is 10.5. The van der Waals surface area contributed by atoms with Crippen LogP contribution in [0.4, 0.5) is 0 Å². The zero-order valence-electron chi connectivity index (χ0n) is 11.8. The van der Waals surface area contributed by atoms with E-state index in [1.807, 2.05) is 12.3 Å². The third-order valence-corrected chi connectivity index (χ3v) is 3.15. The fourth-order valence-corrected chi connectivity index (χ4v) is 2.14. The van der Waals surface area contributed by atoms with Crippen molar-refractivity contribution in [3.05, 3.63) is 22.4 Å². The molecule has 2 N–H and O–H groups in total. The van der Waals surface area contributed by atoms with Gasteiger partial charge in [-0.2, -0.15) is 11.3 Å². The molecule has 1 aromatic rings. The lowest BCUT2D eigenvalue weighted by Gasteiger charge is -2.11. The predicted molar refractivity (Wildman–Crippen MR) is 93.8 cm³/mol. The summed E-state index contributed by atoms with van der Waals surface area (Å²) in [5.74, 6) is 0.598. The Morgan fingerprint density at radius 3 is 2.85 bits per heavy atom. The summed E-state index contributed by atoms with van der Waals surface area (Å²) in [6, 6.07) is 2.08. The van der Waals surface area contributed by atoms with Crippen LogP contribution in [0.1, 0.15) is 25.3 Å². The average molecular weight is 411 g/mol. The molecule has 0 saturated carbocycles. The molecule has 0 aromatic carbocycles. The molecule has 0 aliphatic heterocycles. The number of nitrogens with one attached hydrogen (secondary N) is 2. The van der Waals surface area contributed by atoms with E-state index in [-0.39, 0.29) is 29.9 Å². The number of esters is 1. The fourth-order valence-electron chi connectivity index (χ4n) is 1.47. The van der Waals surface area contributed by atoms with E-state index < -0.39 is 0 Å². The molecule has 0 aliphatic rings. The number of guanidine groups is 1. The van der Waals surface area contributed by atoms with Gasteiger partial charge in [-0.05, 0) is 35.7 Å². The molecule has 0 unspecified atom stereocenters. The van der Waals surface area contributed by atoms with Crippen LogP contribution in [0.25, 0.3) is 0 Å². The first-order chi connectivity index (χ1) is 9.26. The smallest absolute Gasteiger partial charge is 0.305 e. The van der Waals surface area contributed by atoms with Crippen molar-refractivity contribution in [2.45, 2.75) is 26.3 Å². The van der Waals surface area contributed by atoms with Crippen LogP contribution in [0.3, 0.4) is 0 Å².